The van der Waals surface area contributed by atoms with Gasteiger partial charge in [0.05, 0.1) is 0 Å². The zero-order valence-corrected chi connectivity index (χ0v) is 9.45. The van der Waals surface area contributed by atoms with Crippen molar-refractivity contribution < 1.29 is 4.79 Å². The quantitative estimate of drug-likeness (QED) is 0.753. The first kappa shape index (κ1) is 10.6. The zero-order valence-electron chi connectivity index (χ0n) is 9.45. The summed E-state index contributed by atoms with van der Waals surface area (Å²) >= 11 is 0. The van der Waals surface area contributed by atoms with Gasteiger partial charge in [0.25, 0.3) is 5.91 Å². The lowest BCUT2D eigenvalue weighted by Gasteiger charge is -1.97. The summed E-state index contributed by atoms with van der Waals surface area (Å²) in [5.74, 6) is 0.526. The van der Waals surface area contributed by atoms with Crippen LogP contribution in [0, 0.1) is 0 Å². The van der Waals surface area contributed by atoms with Crippen LogP contribution in [0.5, 0.6) is 0 Å². The zero-order chi connectivity index (χ0) is 11.5. The maximum Gasteiger partial charge on any atom is 0.275 e. The van der Waals surface area contributed by atoms with Crippen molar-refractivity contribution in [2.75, 3.05) is 0 Å². The third-order valence-corrected chi connectivity index (χ3v) is 2.51. The molecule has 0 saturated carbocycles. The van der Waals surface area contributed by atoms with E-state index in [1.807, 2.05) is 12.1 Å². The van der Waals surface area contributed by atoms with E-state index in [1.54, 1.807) is 13.0 Å². The van der Waals surface area contributed by atoms with Crippen LogP contribution in [0.4, 0.5) is 0 Å². The van der Waals surface area contributed by atoms with Crippen LogP contribution in [0.3, 0.4) is 0 Å². The minimum atomic E-state index is -0.128. The number of rotatable bonds is 2. The number of aliphatic imine (C=N–C) groups is 1. The molecule has 1 aliphatic heterocycles. The summed E-state index contributed by atoms with van der Waals surface area (Å²) in [6, 6.07) is 8.14. The number of carbonyl (C=O) groups excluding carboxylic acids is 1. The molecule has 2 rings (SSSR count). The largest absolute Gasteiger partial charge is 0.309 e. The standard InChI is InChI=1S/C13H14N2O/c1-3-10-4-6-11(7-5-10)8-12-13(16)15-9(2)14-12/h4-8H,3H2,1-2H3,(H,14,15,16)/b12-8+. The Labute approximate surface area is 94.9 Å². The van der Waals surface area contributed by atoms with E-state index in [0.717, 1.165) is 12.0 Å². The molecule has 3 nitrogen and oxygen atoms in total. The van der Waals surface area contributed by atoms with Crippen LogP contribution >= 0.6 is 0 Å². The topological polar surface area (TPSA) is 41.5 Å². The molecular formula is C13H14N2O. The van der Waals surface area contributed by atoms with Gasteiger partial charge < -0.3 is 5.32 Å². The molecule has 0 spiro atoms. The molecule has 16 heavy (non-hydrogen) atoms. The third-order valence-electron chi connectivity index (χ3n) is 2.51. The highest BCUT2D eigenvalue weighted by Gasteiger charge is 2.16. The molecule has 0 unspecified atom stereocenters. The van der Waals surface area contributed by atoms with Crippen LogP contribution in [0.25, 0.3) is 6.08 Å². The Hall–Kier alpha value is -1.90. The van der Waals surface area contributed by atoms with Gasteiger partial charge in [-0.15, -0.1) is 0 Å². The molecule has 0 saturated heterocycles. The SMILES string of the molecule is CCc1ccc(/C=C2/N=C(C)NC2=O)cc1. The molecule has 1 amide bonds. The number of benzene rings is 1. The Morgan fingerprint density at radius 2 is 2.00 bits per heavy atom. The number of hydrogen-bond donors (Lipinski definition) is 1. The van der Waals surface area contributed by atoms with E-state index >= 15 is 0 Å². The molecule has 0 radical (unpaired) electrons. The van der Waals surface area contributed by atoms with Crippen LogP contribution < -0.4 is 5.32 Å². The van der Waals surface area contributed by atoms with E-state index < -0.39 is 0 Å². The van der Waals surface area contributed by atoms with Gasteiger partial charge in [-0.05, 0) is 30.5 Å². The Morgan fingerprint density at radius 1 is 1.31 bits per heavy atom. The fraction of sp³-hybridized carbons (Fsp3) is 0.231. The smallest absolute Gasteiger partial charge is 0.275 e. The fourth-order valence-electron chi connectivity index (χ4n) is 1.59. The first-order valence-corrected chi connectivity index (χ1v) is 5.36. The molecule has 0 fully saturated rings. The summed E-state index contributed by atoms with van der Waals surface area (Å²) in [4.78, 5) is 15.5. The van der Waals surface area contributed by atoms with Gasteiger partial charge in [-0.1, -0.05) is 31.2 Å². The van der Waals surface area contributed by atoms with Gasteiger partial charge in [0.15, 0.2) is 0 Å². The van der Waals surface area contributed by atoms with Crippen LogP contribution in [0.2, 0.25) is 0 Å². The predicted molar refractivity (Wildman–Crippen MR) is 65.0 cm³/mol. The number of amides is 1. The van der Waals surface area contributed by atoms with Crippen molar-refractivity contribution in [1.29, 1.82) is 0 Å². The summed E-state index contributed by atoms with van der Waals surface area (Å²) < 4.78 is 0. The number of amidine groups is 1. The molecule has 0 atom stereocenters. The normalized spacial score (nSPS) is 17.5. The Kier molecular flexibility index (Phi) is 2.86. The molecule has 1 N–H and O–H groups in total. The molecule has 1 aromatic rings. The van der Waals surface area contributed by atoms with E-state index in [4.69, 9.17) is 0 Å². The highest BCUT2D eigenvalue weighted by Crippen LogP contribution is 2.13. The maximum atomic E-state index is 11.4. The number of carbonyl (C=O) groups is 1. The minimum absolute atomic E-state index is 0.128. The first-order chi connectivity index (χ1) is 7.69. The fourth-order valence-corrected chi connectivity index (χ4v) is 1.59. The second-order valence-electron chi connectivity index (χ2n) is 3.78. The van der Waals surface area contributed by atoms with Crippen molar-refractivity contribution in [3.8, 4) is 0 Å². The average Bonchev–Trinajstić information content (AvgIpc) is 2.59. The monoisotopic (exact) mass is 214 g/mol. The van der Waals surface area contributed by atoms with Crippen molar-refractivity contribution in [2.24, 2.45) is 4.99 Å². The number of hydrogen-bond acceptors (Lipinski definition) is 2. The van der Waals surface area contributed by atoms with Crippen molar-refractivity contribution in [2.45, 2.75) is 20.3 Å². The first-order valence-electron chi connectivity index (χ1n) is 5.36. The Balaban J connectivity index is 2.26. The molecule has 0 aliphatic carbocycles. The predicted octanol–water partition coefficient (Wildman–Crippen LogP) is 2.14. The van der Waals surface area contributed by atoms with Crippen LogP contribution in [0.1, 0.15) is 25.0 Å². The van der Waals surface area contributed by atoms with E-state index in [1.165, 1.54) is 5.56 Å². The van der Waals surface area contributed by atoms with Crippen molar-refractivity contribution in [3.05, 3.63) is 41.1 Å². The van der Waals surface area contributed by atoms with E-state index in [0.29, 0.717) is 11.5 Å². The molecule has 1 aromatic carbocycles. The van der Waals surface area contributed by atoms with E-state index in [9.17, 15) is 4.79 Å². The molecule has 1 aliphatic rings. The molecular weight excluding hydrogens is 200 g/mol. The minimum Gasteiger partial charge on any atom is -0.309 e. The van der Waals surface area contributed by atoms with Crippen molar-refractivity contribution in [1.82, 2.24) is 5.32 Å². The Bertz CT molecular complexity index is 469. The summed E-state index contributed by atoms with van der Waals surface area (Å²) in [6.07, 6.45) is 2.82. The summed E-state index contributed by atoms with van der Waals surface area (Å²) in [7, 11) is 0. The van der Waals surface area contributed by atoms with Gasteiger partial charge in [0.2, 0.25) is 0 Å². The van der Waals surface area contributed by atoms with Gasteiger partial charge >= 0.3 is 0 Å². The summed E-state index contributed by atoms with van der Waals surface area (Å²) in [5.41, 5.74) is 2.76. The molecule has 82 valence electrons. The molecule has 1 heterocycles. The lowest BCUT2D eigenvalue weighted by molar-refractivity contribution is -0.115. The lowest BCUT2D eigenvalue weighted by Crippen LogP contribution is -2.21. The number of nitrogens with one attached hydrogen (secondary N) is 1. The summed E-state index contributed by atoms with van der Waals surface area (Å²) in [6.45, 7) is 3.89. The van der Waals surface area contributed by atoms with Crippen LogP contribution in [-0.4, -0.2) is 11.7 Å². The number of nitrogens with zero attached hydrogens (tertiary/aromatic N) is 1. The van der Waals surface area contributed by atoms with Gasteiger partial charge in [-0.25, -0.2) is 4.99 Å². The van der Waals surface area contributed by atoms with Crippen molar-refractivity contribution in [3.63, 3.8) is 0 Å². The highest BCUT2D eigenvalue weighted by molar-refractivity contribution is 6.13. The summed E-state index contributed by atoms with van der Waals surface area (Å²) in [5, 5.41) is 2.65. The highest BCUT2D eigenvalue weighted by atomic mass is 16.2. The van der Waals surface area contributed by atoms with Crippen LogP contribution in [-0.2, 0) is 11.2 Å². The van der Waals surface area contributed by atoms with Crippen LogP contribution in [0.15, 0.2) is 35.0 Å². The molecule has 0 aromatic heterocycles. The molecule has 0 bridgehead atoms. The third kappa shape index (κ3) is 2.19. The number of aryl methyl sites for hydroxylation is 1. The lowest BCUT2D eigenvalue weighted by atomic mass is 10.1. The second-order valence-corrected chi connectivity index (χ2v) is 3.78. The van der Waals surface area contributed by atoms with Gasteiger partial charge in [0, 0.05) is 0 Å². The maximum absolute atomic E-state index is 11.4. The second kappa shape index (κ2) is 4.31. The van der Waals surface area contributed by atoms with Crippen molar-refractivity contribution >= 4 is 17.8 Å². The Morgan fingerprint density at radius 3 is 2.50 bits per heavy atom. The van der Waals surface area contributed by atoms with Gasteiger partial charge in [-0.3, -0.25) is 4.79 Å². The van der Waals surface area contributed by atoms with E-state index in [-0.39, 0.29) is 5.91 Å². The molecule has 3 heteroatoms. The van der Waals surface area contributed by atoms with Gasteiger partial charge in [-0.2, -0.15) is 0 Å². The average molecular weight is 214 g/mol. The van der Waals surface area contributed by atoms with E-state index in [2.05, 4.69) is 29.4 Å². The van der Waals surface area contributed by atoms with Gasteiger partial charge in [0.1, 0.15) is 11.5 Å².